The largest absolute Gasteiger partial charge is 0.350 e. The van der Waals surface area contributed by atoms with Crippen molar-refractivity contribution in [1.29, 1.82) is 0 Å². The molecule has 1 aliphatic rings. The number of carbonyl (C=O) groups excluding carboxylic acids is 1. The zero-order valence-corrected chi connectivity index (χ0v) is 15.8. The van der Waals surface area contributed by atoms with Crippen LogP contribution in [0.5, 0.6) is 0 Å². The summed E-state index contributed by atoms with van der Waals surface area (Å²) in [5.74, 6) is 0.652. The summed E-state index contributed by atoms with van der Waals surface area (Å²) in [6, 6.07) is 11.7. The number of carbonyl (C=O) groups is 1. The van der Waals surface area contributed by atoms with Crippen molar-refractivity contribution >= 4 is 23.1 Å². The van der Waals surface area contributed by atoms with Crippen LogP contribution in [0.1, 0.15) is 43.5 Å². The maximum absolute atomic E-state index is 12.0. The second-order valence-electron chi connectivity index (χ2n) is 7.14. The van der Waals surface area contributed by atoms with Gasteiger partial charge >= 0.3 is 0 Å². The number of aromatic amines is 1. The minimum Gasteiger partial charge on any atom is -0.350 e. The zero-order chi connectivity index (χ0) is 18.7. The molecular weight excluding hydrogens is 348 g/mol. The zero-order valence-electron chi connectivity index (χ0n) is 15.0. The summed E-state index contributed by atoms with van der Waals surface area (Å²) in [4.78, 5) is 26.3. The van der Waals surface area contributed by atoms with Gasteiger partial charge in [0.1, 0.15) is 5.02 Å². The molecular formula is C21H23ClN2O2. The quantitative estimate of drug-likeness (QED) is 0.837. The molecule has 0 unspecified atom stereocenters. The molecule has 2 aromatic rings. The molecule has 136 valence electrons. The van der Waals surface area contributed by atoms with Crippen molar-refractivity contribution in [2.24, 2.45) is 5.92 Å². The maximum Gasteiger partial charge on any atom is 0.267 e. The summed E-state index contributed by atoms with van der Waals surface area (Å²) in [6.45, 7) is 4.39. The van der Waals surface area contributed by atoms with E-state index in [0.717, 1.165) is 24.0 Å². The molecule has 0 radical (unpaired) electrons. The SMILES string of the molecule is CC(C)Cc1ccc(C(=C[C@H]2CCC(=O)N2)c2ccc(Cl)c(=O)[nH]2)cc1. The van der Waals surface area contributed by atoms with Crippen LogP contribution in [0.3, 0.4) is 0 Å². The average molecular weight is 371 g/mol. The van der Waals surface area contributed by atoms with Crippen LogP contribution in [0.15, 0.2) is 47.3 Å². The molecule has 0 spiro atoms. The van der Waals surface area contributed by atoms with Gasteiger partial charge in [-0.25, -0.2) is 0 Å². The standard InChI is InChI=1S/C21H23ClN2O2/c1-13(2)11-14-3-5-15(6-4-14)17(12-16-7-10-20(25)23-16)19-9-8-18(22)21(26)24-19/h3-6,8-9,12-13,16H,7,10-11H2,1-2H3,(H,23,25)(H,24,26)/t16-/m1/s1. The molecule has 0 saturated carbocycles. The molecule has 1 aromatic heterocycles. The second-order valence-corrected chi connectivity index (χ2v) is 7.54. The van der Waals surface area contributed by atoms with Crippen LogP contribution in [0.25, 0.3) is 5.57 Å². The van der Waals surface area contributed by atoms with Gasteiger partial charge in [-0.1, -0.05) is 55.8 Å². The van der Waals surface area contributed by atoms with Gasteiger partial charge in [0.25, 0.3) is 5.56 Å². The van der Waals surface area contributed by atoms with Crippen LogP contribution in [0, 0.1) is 5.92 Å². The molecule has 5 heteroatoms. The van der Waals surface area contributed by atoms with Crippen molar-refractivity contribution < 1.29 is 4.79 Å². The predicted molar refractivity (Wildman–Crippen MR) is 105 cm³/mol. The lowest BCUT2D eigenvalue weighted by molar-refractivity contribution is -0.119. The van der Waals surface area contributed by atoms with Crippen LogP contribution in [0.2, 0.25) is 5.02 Å². The van der Waals surface area contributed by atoms with E-state index in [-0.39, 0.29) is 22.5 Å². The third-order valence-electron chi connectivity index (χ3n) is 4.46. The van der Waals surface area contributed by atoms with E-state index in [1.54, 1.807) is 12.1 Å². The third-order valence-corrected chi connectivity index (χ3v) is 4.75. The molecule has 26 heavy (non-hydrogen) atoms. The maximum atomic E-state index is 12.0. The Labute approximate surface area is 158 Å². The van der Waals surface area contributed by atoms with E-state index in [1.807, 2.05) is 6.08 Å². The molecule has 1 amide bonds. The smallest absolute Gasteiger partial charge is 0.267 e. The van der Waals surface area contributed by atoms with E-state index in [1.165, 1.54) is 5.56 Å². The molecule has 2 heterocycles. The molecule has 3 rings (SSSR count). The van der Waals surface area contributed by atoms with Crippen LogP contribution < -0.4 is 10.9 Å². The van der Waals surface area contributed by atoms with Crippen molar-refractivity contribution in [3.63, 3.8) is 0 Å². The number of rotatable bonds is 5. The van der Waals surface area contributed by atoms with Gasteiger partial charge in [0, 0.05) is 23.7 Å². The number of pyridine rings is 1. The first-order valence-electron chi connectivity index (χ1n) is 8.92. The summed E-state index contributed by atoms with van der Waals surface area (Å²) in [6.07, 6.45) is 4.32. The fourth-order valence-corrected chi connectivity index (χ4v) is 3.32. The van der Waals surface area contributed by atoms with E-state index in [4.69, 9.17) is 11.6 Å². The fourth-order valence-electron chi connectivity index (χ4n) is 3.21. The highest BCUT2D eigenvalue weighted by Crippen LogP contribution is 2.25. The molecule has 1 aliphatic heterocycles. The van der Waals surface area contributed by atoms with Crippen molar-refractivity contribution in [3.05, 3.63) is 74.7 Å². The van der Waals surface area contributed by atoms with Crippen molar-refractivity contribution in [3.8, 4) is 0 Å². The molecule has 1 atom stereocenters. The Kier molecular flexibility index (Phi) is 5.62. The Balaban J connectivity index is 1.99. The fraction of sp³-hybridized carbons (Fsp3) is 0.333. The highest BCUT2D eigenvalue weighted by atomic mass is 35.5. The first-order valence-corrected chi connectivity index (χ1v) is 9.30. The van der Waals surface area contributed by atoms with Gasteiger partial charge < -0.3 is 10.3 Å². The summed E-state index contributed by atoms with van der Waals surface area (Å²) in [7, 11) is 0. The van der Waals surface area contributed by atoms with Gasteiger partial charge in [0.05, 0.1) is 0 Å². The Morgan fingerprint density at radius 2 is 1.92 bits per heavy atom. The van der Waals surface area contributed by atoms with Crippen molar-refractivity contribution in [2.75, 3.05) is 0 Å². The normalized spacial score (nSPS) is 17.6. The van der Waals surface area contributed by atoms with Gasteiger partial charge in [-0.3, -0.25) is 9.59 Å². The lowest BCUT2D eigenvalue weighted by atomic mass is 9.96. The lowest BCUT2D eigenvalue weighted by Crippen LogP contribution is -2.23. The number of amides is 1. The topological polar surface area (TPSA) is 62.0 Å². The molecule has 1 fully saturated rings. The van der Waals surface area contributed by atoms with E-state index in [0.29, 0.717) is 18.0 Å². The first-order chi connectivity index (χ1) is 12.4. The van der Waals surface area contributed by atoms with E-state index in [2.05, 4.69) is 48.4 Å². The number of H-pyrrole nitrogens is 1. The highest BCUT2D eigenvalue weighted by Gasteiger charge is 2.20. The van der Waals surface area contributed by atoms with Crippen LogP contribution in [-0.2, 0) is 11.2 Å². The predicted octanol–water partition coefficient (Wildman–Crippen LogP) is 3.94. The van der Waals surface area contributed by atoms with Gasteiger partial charge in [0.15, 0.2) is 0 Å². The van der Waals surface area contributed by atoms with Gasteiger partial charge in [-0.05, 0) is 42.0 Å². The highest BCUT2D eigenvalue weighted by molar-refractivity contribution is 6.30. The summed E-state index contributed by atoms with van der Waals surface area (Å²) in [5, 5.41) is 3.12. The average Bonchev–Trinajstić information content (AvgIpc) is 3.01. The van der Waals surface area contributed by atoms with Crippen molar-refractivity contribution in [2.45, 2.75) is 39.2 Å². The number of hydrogen-bond acceptors (Lipinski definition) is 2. The number of benzene rings is 1. The molecule has 0 aliphatic carbocycles. The molecule has 1 aromatic carbocycles. The monoisotopic (exact) mass is 370 g/mol. The van der Waals surface area contributed by atoms with E-state index < -0.39 is 0 Å². The van der Waals surface area contributed by atoms with Gasteiger partial charge in [0.2, 0.25) is 5.91 Å². The van der Waals surface area contributed by atoms with Gasteiger partial charge in [-0.15, -0.1) is 0 Å². The lowest BCUT2D eigenvalue weighted by Gasteiger charge is -2.13. The Hall–Kier alpha value is -2.33. The minimum atomic E-state index is -0.318. The summed E-state index contributed by atoms with van der Waals surface area (Å²) >= 11 is 5.87. The number of hydrogen-bond donors (Lipinski definition) is 2. The Morgan fingerprint density at radius 3 is 2.50 bits per heavy atom. The third kappa shape index (κ3) is 4.44. The minimum absolute atomic E-state index is 0.0352. The second kappa shape index (κ2) is 7.92. The van der Waals surface area contributed by atoms with Gasteiger partial charge in [-0.2, -0.15) is 0 Å². The molecule has 2 N–H and O–H groups in total. The van der Waals surface area contributed by atoms with Crippen LogP contribution in [-0.4, -0.2) is 16.9 Å². The first kappa shape index (κ1) is 18.5. The Morgan fingerprint density at radius 1 is 1.19 bits per heavy atom. The molecule has 0 bridgehead atoms. The number of halogens is 1. The van der Waals surface area contributed by atoms with Crippen LogP contribution in [0.4, 0.5) is 0 Å². The van der Waals surface area contributed by atoms with Crippen LogP contribution >= 0.6 is 11.6 Å². The van der Waals surface area contributed by atoms with E-state index >= 15 is 0 Å². The van der Waals surface area contributed by atoms with Crippen molar-refractivity contribution in [1.82, 2.24) is 10.3 Å². The van der Waals surface area contributed by atoms with E-state index in [9.17, 15) is 9.59 Å². The summed E-state index contributed by atoms with van der Waals surface area (Å²) < 4.78 is 0. The summed E-state index contributed by atoms with van der Waals surface area (Å²) in [5.41, 5.74) is 3.54. The number of nitrogens with one attached hydrogen (secondary N) is 2. The molecule has 4 nitrogen and oxygen atoms in total. The Bertz CT molecular complexity index is 882. The number of aromatic nitrogens is 1. The molecule has 1 saturated heterocycles.